The first-order valence-electron chi connectivity index (χ1n) is 6.67. The molecule has 1 saturated carbocycles. The average molecular weight is 249 g/mol. The molecule has 0 bridgehead atoms. The monoisotopic (exact) mass is 249 g/mol. The van der Waals surface area contributed by atoms with Gasteiger partial charge in [0.1, 0.15) is 11.5 Å². The van der Waals surface area contributed by atoms with Crippen molar-refractivity contribution in [2.24, 2.45) is 5.92 Å². The van der Waals surface area contributed by atoms with Gasteiger partial charge in [-0.25, -0.2) is 0 Å². The molecule has 18 heavy (non-hydrogen) atoms. The summed E-state index contributed by atoms with van der Waals surface area (Å²) >= 11 is 0. The van der Waals surface area contributed by atoms with Crippen LogP contribution < -0.4 is 14.8 Å². The van der Waals surface area contributed by atoms with Crippen LogP contribution in [0.3, 0.4) is 0 Å². The van der Waals surface area contributed by atoms with E-state index in [1.165, 1.54) is 24.8 Å². The number of ether oxygens (including phenoxy) is 2. The first kappa shape index (κ1) is 13.2. The minimum Gasteiger partial charge on any atom is -0.497 e. The molecule has 1 aromatic rings. The maximum absolute atomic E-state index is 5.39. The second-order valence-corrected chi connectivity index (χ2v) is 5.14. The molecule has 2 rings (SSSR count). The number of hydrogen-bond acceptors (Lipinski definition) is 3. The van der Waals surface area contributed by atoms with Crippen LogP contribution in [0.5, 0.6) is 11.5 Å². The molecule has 3 heteroatoms. The summed E-state index contributed by atoms with van der Waals surface area (Å²) in [5, 5.41) is 3.56. The molecule has 1 aromatic carbocycles. The summed E-state index contributed by atoms with van der Waals surface area (Å²) in [6, 6.07) is 6.55. The summed E-state index contributed by atoms with van der Waals surface area (Å²) in [5.41, 5.74) is 1.18. The summed E-state index contributed by atoms with van der Waals surface area (Å²) < 4.78 is 10.6. The standard InChI is InChI=1S/C15H23NO2/c1-11(8-12-4-5-12)16-10-13-6-7-14(17-2)9-15(13)18-3/h6-7,9,11-12,16H,4-5,8,10H2,1-3H3. The quantitative estimate of drug-likeness (QED) is 0.806. The largest absolute Gasteiger partial charge is 0.497 e. The second-order valence-electron chi connectivity index (χ2n) is 5.14. The minimum absolute atomic E-state index is 0.573. The predicted octanol–water partition coefficient (Wildman–Crippen LogP) is 2.98. The highest BCUT2D eigenvalue weighted by molar-refractivity contribution is 5.40. The van der Waals surface area contributed by atoms with E-state index in [4.69, 9.17) is 9.47 Å². The van der Waals surface area contributed by atoms with Crippen molar-refractivity contribution in [3.63, 3.8) is 0 Å². The number of benzene rings is 1. The number of methoxy groups -OCH3 is 2. The summed E-state index contributed by atoms with van der Waals surface area (Å²) in [6.45, 7) is 3.11. The zero-order valence-electron chi connectivity index (χ0n) is 11.5. The van der Waals surface area contributed by atoms with Crippen molar-refractivity contribution in [3.8, 4) is 11.5 Å². The lowest BCUT2D eigenvalue weighted by molar-refractivity contribution is 0.387. The Morgan fingerprint density at radius 3 is 2.67 bits per heavy atom. The zero-order valence-corrected chi connectivity index (χ0v) is 11.5. The SMILES string of the molecule is COc1ccc(CNC(C)CC2CC2)c(OC)c1. The van der Waals surface area contributed by atoms with Gasteiger partial charge in [-0.1, -0.05) is 18.9 Å². The summed E-state index contributed by atoms with van der Waals surface area (Å²) in [7, 11) is 3.37. The van der Waals surface area contributed by atoms with Gasteiger partial charge in [-0.15, -0.1) is 0 Å². The second kappa shape index (κ2) is 6.10. The van der Waals surface area contributed by atoms with Crippen molar-refractivity contribution in [1.82, 2.24) is 5.32 Å². The van der Waals surface area contributed by atoms with Gasteiger partial charge in [-0.3, -0.25) is 0 Å². The number of hydrogen-bond donors (Lipinski definition) is 1. The highest BCUT2D eigenvalue weighted by Gasteiger charge is 2.23. The van der Waals surface area contributed by atoms with E-state index in [-0.39, 0.29) is 0 Å². The Labute approximate surface area is 109 Å². The Morgan fingerprint density at radius 1 is 1.28 bits per heavy atom. The lowest BCUT2D eigenvalue weighted by Gasteiger charge is -2.15. The van der Waals surface area contributed by atoms with Crippen molar-refractivity contribution < 1.29 is 9.47 Å². The van der Waals surface area contributed by atoms with E-state index >= 15 is 0 Å². The van der Waals surface area contributed by atoms with Crippen LogP contribution in [0.2, 0.25) is 0 Å². The van der Waals surface area contributed by atoms with Crippen LogP contribution in [0.15, 0.2) is 18.2 Å². The Bertz CT molecular complexity index is 388. The number of rotatable bonds is 7. The van der Waals surface area contributed by atoms with Crippen LogP contribution in [0.1, 0.15) is 31.7 Å². The minimum atomic E-state index is 0.573. The molecule has 0 aliphatic heterocycles. The van der Waals surface area contributed by atoms with Crippen LogP contribution in [0.25, 0.3) is 0 Å². The van der Waals surface area contributed by atoms with E-state index in [0.29, 0.717) is 6.04 Å². The van der Waals surface area contributed by atoms with E-state index in [9.17, 15) is 0 Å². The topological polar surface area (TPSA) is 30.5 Å². The third-order valence-corrected chi connectivity index (χ3v) is 3.52. The third kappa shape index (κ3) is 3.64. The predicted molar refractivity (Wildman–Crippen MR) is 73.2 cm³/mol. The molecule has 0 heterocycles. The normalized spacial score (nSPS) is 16.4. The van der Waals surface area contributed by atoms with Crippen molar-refractivity contribution in [2.45, 2.75) is 38.8 Å². The zero-order chi connectivity index (χ0) is 13.0. The van der Waals surface area contributed by atoms with Crippen molar-refractivity contribution in [2.75, 3.05) is 14.2 Å². The Kier molecular flexibility index (Phi) is 4.48. The van der Waals surface area contributed by atoms with Crippen molar-refractivity contribution in [3.05, 3.63) is 23.8 Å². The molecule has 100 valence electrons. The smallest absolute Gasteiger partial charge is 0.127 e. The van der Waals surface area contributed by atoms with E-state index in [1.807, 2.05) is 12.1 Å². The van der Waals surface area contributed by atoms with Gasteiger partial charge in [0.25, 0.3) is 0 Å². The Hall–Kier alpha value is -1.22. The molecule has 1 aliphatic carbocycles. The molecular formula is C15H23NO2. The maximum atomic E-state index is 5.39. The molecule has 1 aliphatic rings. The highest BCUT2D eigenvalue weighted by Crippen LogP contribution is 2.33. The van der Waals surface area contributed by atoms with Gasteiger partial charge in [0.2, 0.25) is 0 Å². The molecule has 3 nitrogen and oxygen atoms in total. The fourth-order valence-corrected chi connectivity index (χ4v) is 2.22. The van der Waals surface area contributed by atoms with Crippen LogP contribution in [-0.4, -0.2) is 20.3 Å². The fraction of sp³-hybridized carbons (Fsp3) is 0.600. The molecule has 0 spiro atoms. The Morgan fingerprint density at radius 2 is 2.06 bits per heavy atom. The van der Waals surface area contributed by atoms with E-state index < -0.39 is 0 Å². The molecule has 1 N–H and O–H groups in total. The van der Waals surface area contributed by atoms with Gasteiger partial charge in [0.05, 0.1) is 14.2 Å². The molecule has 1 atom stereocenters. The molecule has 1 fully saturated rings. The van der Waals surface area contributed by atoms with Crippen molar-refractivity contribution >= 4 is 0 Å². The number of nitrogens with one attached hydrogen (secondary N) is 1. The first-order valence-corrected chi connectivity index (χ1v) is 6.67. The molecule has 1 unspecified atom stereocenters. The van der Waals surface area contributed by atoms with Crippen LogP contribution in [-0.2, 0) is 6.54 Å². The van der Waals surface area contributed by atoms with Gasteiger partial charge in [0.15, 0.2) is 0 Å². The van der Waals surface area contributed by atoms with Gasteiger partial charge >= 0.3 is 0 Å². The van der Waals surface area contributed by atoms with E-state index in [1.54, 1.807) is 14.2 Å². The lowest BCUT2D eigenvalue weighted by atomic mass is 10.1. The summed E-state index contributed by atoms with van der Waals surface area (Å²) in [5.74, 6) is 2.69. The Balaban J connectivity index is 1.90. The average Bonchev–Trinajstić information content (AvgIpc) is 3.20. The maximum Gasteiger partial charge on any atom is 0.127 e. The lowest BCUT2D eigenvalue weighted by Crippen LogP contribution is -2.26. The van der Waals surface area contributed by atoms with Gasteiger partial charge in [-0.05, 0) is 25.3 Å². The molecule has 0 saturated heterocycles. The van der Waals surface area contributed by atoms with Crippen LogP contribution >= 0.6 is 0 Å². The van der Waals surface area contributed by atoms with Crippen LogP contribution in [0.4, 0.5) is 0 Å². The molecule has 0 aromatic heterocycles. The summed E-state index contributed by atoms with van der Waals surface area (Å²) in [4.78, 5) is 0. The molecular weight excluding hydrogens is 226 g/mol. The third-order valence-electron chi connectivity index (χ3n) is 3.52. The highest BCUT2D eigenvalue weighted by atomic mass is 16.5. The first-order chi connectivity index (χ1) is 8.72. The summed E-state index contributed by atoms with van der Waals surface area (Å²) in [6.07, 6.45) is 4.12. The van der Waals surface area contributed by atoms with Crippen molar-refractivity contribution in [1.29, 1.82) is 0 Å². The molecule has 0 amide bonds. The van der Waals surface area contributed by atoms with E-state index in [0.717, 1.165) is 24.0 Å². The molecule has 0 radical (unpaired) electrons. The van der Waals surface area contributed by atoms with Gasteiger partial charge in [0, 0.05) is 24.2 Å². The fourth-order valence-electron chi connectivity index (χ4n) is 2.22. The van der Waals surface area contributed by atoms with Gasteiger partial charge < -0.3 is 14.8 Å². The van der Waals surface area contributed by atoms with Gasteiger partial charge in [-0.2, -0.15) is 0 Å². The van der Waals surface area contributed by atoms with Crippen LogP contribution in [0, 0.1) is 5.92 Å². The van der Waals surface area contributed by atoms with E-state index in [2.05, 4.69) is 18.3 Å².